The van der Waals surface area contributed by atoms with Crippen LogP contribution in [-0.2, 0) is 11.2 Å². The van der Waals surface area contributed by atoms with Gasteiger partial charge in [-0.15, -0.1) is 0 Å². The van der Waals surface area contributed by atoms with Crippen LogP contribution in [0.15, 0.2) is 60.7 Å². The van der Waals surface area contributed by atoms with E-state index >= 15 is 0 Å². The highest BCUT2D eigenvalue weighted by Gasteiger charge is 2.29. The van der Waals surface area contributed by atoms with E-state index in [2.05, 4.69) is 19.2 Å². The number of rotatable bonds is 12. The number of para-hydroxylation sites is 1. The topological polar surface area (TPSA) is 82.1 Å². The number of carbonyl (C=O) groups excluding carboxylic acids is 2. The van der Waals surface area contributed by atoms with Gasteiger partial charge in [0, 0.05) is 27.1 Å². The van der Waals surface area contributed by atoms with Gasteiger partial charge in [0.1, 0.15) is 18.4 Å². The summed E-state index contributed by atoms with van der Waals surface area (Å²) in [6.07, 6.45) is 1.14. The fraction of sp³-hybridized carbons (Fsp3) is 0.462. The van der Waals surface area contributed by atoms with Crippen LogP contribution in [0.25, 0.3) is 0 Å². The molecule has 0 heterocycles. The summed E-state index contributed by atoms with van der Waals surface area (Å²) in [6, 6.07) is 17.2. The quantitative estimate of drug-likeness (QED) is 0.515. The molecule has 0 aliphatic rings. The number of urea groups is 1. The number of carbonyl (C=O) groups is 2. The first kappa shape index (κ1) is 26.2. The van der Waals surface area contributed by atoms with E-state index in [1.807, 2.05) is 60.7 Å². The van der Waals surface area contributed by atoms with Crippen LogP contribution in [0.2, 0.25) is 0 Å². The molecule has 2 aromatic carbocycles. The molecule has 0 aromatic heterocycles. The minimum absolute atomic E-state index is 0.150. The lowest BCUT2D eigenvalue weighted by Gasteiger charge is -2.33. The highest BCUT2D eigenvalue weighted by molar-refractivity contribution is 5.87. The average Bonchev–Trinajstić information content (AvgIpc) is 2.81. The second-order valence-corrected chi connectivity index (χ2v) is 8.76. The number of likely N-dealkylation sites (N-methyl/N-ethyl adjacent to an activating group) is 1. The molecule has 0 aliphatic carbocycles. The number of nitrogens with one attached hydrogen (secondary N) is 1. The van der Waals surface area contributed by atoms with E-state index in [1.165, 1.54) is 4.90 Å². The fourth-order valence-electron chi connectivity index (χ4n) is 3.39. The van der Waals surface area contributed by atoms with Gasteiger partial charge >= 0.3 is 6.03 Å². The van der Waals surface area contributed by atoms with E-state index in [9.17, 15) is 14.7 Å². The molecule has 0 fully saturated rings. The van der Waals surface area contributed by atoms with Crippen LogP contribution in [0.1, 0.15) is 25.8 Å². The molecule has 3 amide bonds. The van der Waals surface area contributed by atoms with Crippen LogP contribution in [0.4, 0.5) is 4.79 Å². The molecule has 33 heavy (non-hydrogen) atoms. The highest BCUT2D eigenvalue weighted by atomic mass is 16.5. The van der Waals surface area contributed by atoms with Gasteiger partial charge in [-0.05, 0) is 30.0 Å². The van der Waals surface area contributed by atoms with Crippen molar-refractivity contribution in [2.45, 2.75) is 38.8 Å². The Morgan fingerprint density at radius 1 is 1.00 bits per heavy atom. The number of benzene rings is 2. The summed E-state index contributed by atoms with van der Waals surface area (Å²) in [7, 11) is 3.35. The predicted molar refractivity (Wildman–Crippen MR) is 130 cm³/mol. The third kappa shape index (κ3) is 8.77. The maximum absolute atomic E-state index is 13.4. The fourth-order valence-corrected chi connectivity index (χ4v) is 3.39. The normalized spacial score (nSPS) is 12.7. The van der Waals surface area contributed by atoms with Crippen molar-refractivity contribution in [3.8, 4) is 5.75 Å². The molecule has 0 radical (unpaired) electrons. The van der Waals surface area contributed by atoms with Crippen LogP contribution in [-0.4, -0.2) is 72.8 Å². The maximum Gasteiger partial charge on any atom is 0.318 e. The Labute approximate surface area is 197 Å². The van der Waals surface area contributed by atoms with Crippen LogP contribution in [0.3, 0.4) is 0 Å². The van der Waals surface area contributed by atoms with Crippen molar-refractivity contribution in [1.29, 1.82) is 0 Å². The van der Waals surface area contributed by atoms with Gasteiger partial charge in [0.25, 0.3) is 0 Å². The molecule has 2 atom stereocenters. The van der Waals surface area contributed by atoms with E-state index in [4.69, 9.17) is 4.74 Å². The number of hydrogen-bond acceptors (Lipinski definition) is 4. The Morgan fingerprint density at radius 2 is 1.61 bits per heavy atom. The van der Waals surface area contributed by atoms with Crippen LogP contribution in [0.5, 0.6) is 5.75 Å². The molecular formula is C26H37N3O4. The number of amides is 3. The molecule has 0 saturated carbocycles. The number of nitrogens with zero attached hydrogens (tertiary/aromatic N) is 2. The smallest absolute Gasteiger partial charge is 0.318 e. The zero-order valence-corrected chi connectivity index (χ0v) is 20.1. The molecule has 0 spiro atoms. The van der Waals surface area contributed by atoms with Gasteiger partial charge < -0.3 is 25.0 Å². The van der Waals surface area contributed by atoms with Crippen molar-refractivity contribution in [3.63, 3.8) is 0 Å². The van der Waals surface area contributed by atoms with Gasteiger partial charge in [0.2, 0.25) is 5.91 Å². The molecule has 1 unspecified atom stereocenters. The minimum Gasteiger partial charge on any atom is -0.491 e. The van der Waals surface area contributed by atoms with Gasteiger partial charge in [0.05, 0.1) is 12.6 Å². The lowest BCUT2D eigenvalue weighted by Crippen LogP contribution is -2.56. The van der Waals surface area contributed by atoms with Crippen molar-refractivity contribution < 1.29 is 19.4 Å². The Kier molecular flexibility index (Phi) is 10.7. The van der Waals surface area contributed by atoms with Gasteiger partial charge in [0.15, 0.2) is 0 Å². The van der Waals surface area contributed by atoms with E-state index in [-0.39, 0.29) is 25.2 Å². The molecule has 0 bridgehead atoms. The molecule has 2 aromatic rings. The lowest BCUT2D eigenvalue weighted by atomic mass is 10.0. The molecule has 2 N–H and O–H groups in total. The molecule has 2 rings (SSSR count). The first-order valence-corrected chi connectivity index (χ1v) is 11.4. The Balaban J connectivity index is 2.17. The van der Waals surface area contributed by atoms with Gasteiger partial charge in [-0.2, -0.15) is 0 Å². The van der Waals surface area contributed by atoms with Crippen molar-refractivity contribution in [3.05, 3.63) is 66.2 Å². The van der Waals surface area contributed by atoms with Crippen LogP contribution < -0.4 is 10.1 Å². The Hall–Kier alpha value is -3.06. The number of aliphatic hydroxyl groups is 1. The largest absolute Gasteiger partial charge is 0.491 e. The zero-order chi connectivity index (χ0) is 24.2. The second kappa shape index (κ2) is 13.5. The summed E-state index contributed by atoms with van der Waals surface area (Å²) in [6.45, 7) is 4.51. The third-order valence-electron chi connectivity index (χ3n) is 5.36. The first-order chi connectivity index (χ1) is 15.8. The van der Waals surface area contributed by atoms with Gasteiger partial charge in [-0.25, -0.2) is 4.79 Å². The maximum atomic E-state index is 13.4. The summed E-state index contributed by atoms with van der Waals surface area (Å²) in [5.41, 5.74) is 0.956. The van der Waals surface area contributed by atoms with E-state index in [0.29, 0.717) is 24.6 Å². The molecule has 7 heteroatoms. The second-order valence-electron chi connectivity index (χ2n) is 8.76. The minimum atomic E-state index is -0.717. The predicted octanol–water partition coefficient (Wildman–Crippen LogP) is 3.18. The highest BCUT2D eigenvalue weighted by Crippen LogP contribution is 2.13. The van der Waals surface area contributed by atoms with E-state index in [1.54, 1.807) is 19.0 Å². The molecule has 180 valence electrons. The number of ether oxygens (including phenoxy) is 1. The molecule has 7 nitrogen and oxygen atoms in total. The zero-order valence-electron chi connectivity index (χ0n) is 20.1. The lowest BCUT2D eigenvalue weighted by molar-refractivity contribution is -0.130. The van der Waals surface area contributed by atoms with Crippen molar-refractivity contribution in [2.75, 3.05) is 33.9 Å². The number of hydrogen-bond donors (Lipinski definition) is 2. The summed E-state index contributed by atoms with van der Waals surface area (Å²) < 4.78 is 5.83. The van der Waals surface area contributed by atoms with Crippen LogP contribution in [0, 0.1) is 5.92 Å². The Bertz CT molecular complexity index is 843. The van der Waals surface area contributed by atoms with E-state index < -0.39 is 12.1 Å². The van der Waals surface area contributed by atoms with E-state index in [0.717, 1.165) is 12.0 Å². The Morgan fingerprint density at radius 3 is 2.15 bits per heavy atom. The summed E-state index contributed by atoms with van der Waals surface area (Å²) in [5, 5.41) is 13.0. The standard InChI is InChI=1S/C26H37N3O4/c1-20(2)15-16-29(22(18-30)19-33-23-13-9-6-10-14-23)26(32)27-24(25(31)28(3)4)17-21-11-7-5-8-12-21/h5-14,20,22,24,30H,15-19H2,1-4H3,(H,27,32)/t22?,24-/m0/s1. The van der Waals surface area contributed by atoms with Crippen LogP contribution >= 0.6 is 0 Å². The summed E-state index contributed by atoms with van der Waals surface area (Å²) >= 11 is 0. The first-order valence-electron chi connectivity index (χ1n) is 11.4. The average molecular weight is 456 g/mol. The van der Waals surface area contributed by atoms with Crippen molar-refractivity contribution in [2.24, 2.45) is 5.92 Å². The van der Waals surface area contributed by atoms with Gasteiger partial charge in [-0.3, -0.25) is 4.79 Å². The molecule has 0 aliphatic heterocycles. The molecule has 0 saturated heterocycles. The van der Waals surface area contributed by atoms with Crippen molar-refractivity contribution >= 4 is 11.9 Å². The number of aliphatic hydroxyl groups excluding tert-OH is 1. The summed E-state index contributed by atoms with van der Waals surface area (Å²) in [4.78, 5) is 29.3. The monoisotopic (exact) mass is 455 g/mol. The summed E-state index contributed by atoms with van der Waals surface area (Å²) in [5.74, 6) is 0.861. The van der Waals surface area contributed by atoms with Crippen molar-refractivity contribution in [1.82, 2.24) is 15.1 Å². The third-order valence-corrected chi connectivity index (χ3v) is 5.36. The van der Waals surface area contributed by atoms with Gasteiger partial charge in [-0.1, -0.05) is 62.4 Å². The molecular weight excluding hydrogens is 418 g/mol. The SMILES string of the molecule is CC(C)CCN(C(=O)N[C@@H](Cc1ccccc1)C(=O)N(C)C)C(CO)COc1ccccc1.